The number of benzene rings is 3. The van der Waals surface area contributed by atoms with Gasteiger partial charge in [0.1, 0.15) is 5.75 Å². The third-order valence-electron chi connectivity index (χ3n) is 4.00. The molecule has 0 saturated carbocycles. The van der Waals surface area contributed by atoms with Gasteiger partial charge in [0.05, 0.1) is 11.8 Å². The van der Waals surface area contributed by atoms with Crippen molar-refractivity contribution in [2.75, 3.05) is 0 Å². The summed E-state index contributed by atoms with van der Waals surface area (Å²) >= 11 is 0. The summed E-state index contributed by atoms with van der Waals surface area (Å²) in [7, 11) is 0. The van der Waals surface area contributed by atoms with E-state index in [1.165, 1.54) is 6.21 Å². The summed E-state index contributed by atoms with van der Waals surface area (Å²) in [6.07, 6.45) is 1.53. The number of hydrazone groups is 1. The summed E-state index contributed by atoms with van der Waals surface area (Å²) in [6, 6.07) is 21.4. The molecule has 1 amide bonds. The van der Waals surface area contributed by atoms with Gasteiger partial charge in [-0.2, -0.15) is 5.10 Å². The van der Waals surface area contributed by atoms with Gasteiger partial charge in [-0.1, -0.05) is 35.4 Å². The molecule has 0 spiro atoms. The molecule has 0 atom stereocenters. The van der Waals surface area contributed by atoms with E-state index in [9.17, 15) is 9.59 Å². The number of carbonyl (C=O) groups excluding carboxylic acids is 2. The highest BCUT2D eigenvalue weighted by Gasteiger charge is 2.08. The lowest BCUT2D eigenvalue weighted by Gasteiger charge is -2.05. The number of esters is 1. The van der Waals surface area contributed by atoms with Crippen LogP contribution in [0.25, 0.3) is 0 Å². The molecule has 0 bridgehead atoms. The first-order valence-corrected chi connectivity index (χ1v) is 8.80. The highest BCUT2D eigenvalue weighted by molar-refractivity contribution is 5.95. The molecule has 0 aliphatic rings. The Bertz CT molecular complexity index is 1020. The molecule has 0 aromatic heterocycles. The lowest BCUT2D eigenvalue weighted by molar-refractivity contribution is 0.0734. The van der Waals surface area contributed by atoms with Crippen molar-refractivity contribution < 1.29 is 14.3 Å². The molecule has 5 nitrogen and oxygen atoms in total. The fourth-order valence-electron chi connectivity index (χ4n) is 2.58. The molecular formula is C23H20N2O3. The highest BCUT2D eigenvalue weighted by Crippen LogP contribution is 2.14. The number of rotatable bonds is 5. The molecule has 0 radical (unpaired) electrons. The average Bonchev–Trinajstić information content (AvgIpc) is 2.69. The van der Waals surface area contributed by atoms with E-state index in [4.69, 9.17) is 4.74 Å². The van der Waals surface area contributed by atoms with E-state index in [1.807, 2.05) is 38.1 Å². The number of ether oxygens (including phenoxy) is 1. The van der Waals surface area contributed by atoms with Crippen molar-refractivity contribution >= 4 is 18.1 Å². The molecule has 5 heteroatoms. The van der Waals surface area contributed by atoms with Crippen LogP contribution in [0.5, 0.6) is 5.75 Å². The summed E-state index contributed by atoms with van der Waals surface area (Å²) < 4.78 is 5.37. The van der Waals surface area contributed by atoms with Gasteiger partial charge in [0, 0.05) is 5.56 Å². The van der Waals surface area contributed by atoms with Crippen LogP contribution in [0.4, 0.5) is 0 Å². The maximum atomic E-state index is 12.2. The van der Waals surface area contributed by atoms with Crippen LogP contribution < -0.4 is 10.2 Å². The van der Waals surface area contributed by atoms with E-state index in [2.05, 4.69) is 10.5 Å². The van der Waals surface area contributed by atoms with Crippen molar-refractivity contribution in [2.24, 2.45) is 5.10 Å². The first-order valence-electron chi connectivity index (χ1n) is 8.80. The molecule has 0 saturated heterocycles. The van der Waals surface area contributed by atoms with Crippen molar-refractivity contribution in [3.8, 4) is 5.75 Å². The van der Waals surface area contributed by atoms with Gasteiger partial charge in [0.2, 0.25) is 0 Å². The van der Waals surface area contributed by atoms with Crippen molar-refractivity contribution in [3.05, 3.63) is 101 Å². The zero-order valence-electron chi connectivity index (χ0n) is 15.7. The lowest BCUT2D eigenvalue weighted by Crippen LogP contribution is -2.17. The molecule has 0 fully saturated rings. The van der Waals surface area contributed by atoms with E-state index in [1.54, 1.807) is 48.5 Å². The van der Waals surface area contributed by atoms with Gasteiger partial charge in [-0.15, -0.1) is 0 Å². The summed E-state index contributed by atoms with van der Waals surface area (Å²) in [5, 5.41) is 3.96. The Balaban J connectivity index is 1.57. The number of aryl methyl sites for hydroxylation is 2. The monoisotopic (exact) mass is 372 g/mol. The zero-order chi connectivity index (χ0) is 19.9. The predicted molar refractivity (Wildman–Crippen MR) is 109 cm³/mol. The minimum atomic E-state index is -0.407. The van der Waals surface area contributed by atoms with Crippen LogP contribution in [0.2, 0.25) is 0 Å². The Morgan fingerprint density at radius 3 is 2.11 bits per heavy atom. The van der Waals surface area contributed by atoms with Crippen LogP contribution in [0.1, 0.15) is 37.4 Å². The first kappa shape index (κ1) is 19.0. The smallest absolute Gasteiger partial charge is 0.343 e. The van der Waals surface area contributed by atoms with E-state index >= 15 is 0 Å². The molecule has 0 unspecified atom stereocenters. The Hall–Kier alpha value is -3.73. The molecular weight excluding hydrogens is 352 g/mol. The maximum absolute atomic E-state index is 12.2. The van der Waals surface area contributed by atoms with Gasteiger partial charge >= 0.3 is 5.97 Å². The predicted octanol–water partition coefficient (Wildman–Crippen LogP) is 4.29. The second-order valence-electron chi connectivity index (χ2n) is 6.40. The van der Waals surface area contributed by atoms with Crippen LogP contribution in [0.15, 0.2) is 77.9 Å². The number of nitrogens with zero attached hydrogens (tertiary/aromatic N) is 1. The number of carbonyl (C=O) groups is 2. The van der Waals surface area contributed by atoms with Crippen LogP contribution >= 0.6 is 0 Å². The Morgan fingerprint density at radius 1 is 0.857 bits per heavy atom. The van der Waals surface area contributed by atoms with Crippen molar-refractivity contribution in [1.29, 1.82) is 0 Å². The molecule has 0 aliphatic carbocycles. The fourth-order valence-corrected chi connectivity index (χ4v) is 2.58. The Morgan fingerprint density at radius 2 is 1.46 bits per heavy atom. The zero-order valence-corrected chi connectivity index (χ0v) is 15.7. The second-order valence-corrected chi connectivity index (χ2v) is 6.40. The molecule has 3 aromatic carbocycles. The lowest BCUT2D eigenvalue weighted by atomic mass is 10.1. The molecule has 28 heavy (non-hydrogen) atoms. The van der Waals surface area contributed by atoms with Gasteiger partial charge in [-0.25, -0.2) is 10.2 Å². The van der Waals surface area contributed by atoms with E-state index in [0.29, 0.717) is 16.9 Å². The van der Waals surface area contributed by atoms with Crippen molar-refractivity contribution in [1.82, 2.24) is 5.43 Å². The van der Waals surface area contributed by atoms with E-state index in [0.717, 1.165) is 16.7 Å². The quantitative estimate of drug-likeness (QED) is 0.314. The van der Waals surface area contributed by atoms with Gasteiger partial charge < -0.3 is 4.74 Å². The van der Waals surface area contributed by atoms with Crippen LogP contribution in [0, 0.1) is 13.8 Å². The molecule has 0 aliphatic heterocycles. The van der Waals surface area contributed by atoms with Crippen LogP contribution in [-0.4, -0.2) is 18.1 Å². The second kappa shape index (κ2) is 8.77. The molecule has 3 aromatic rings. The minimum Gasteiger partial charge on any atom is -0.423 e. The van der Waals surface area contributed by atoms with Crippen molar-refractivity contribution in [2.45, 2.75) is 13.8 Å². The summed E-state index contributed by atoms with van der Waals surface area (Å²) in [4.78, 5) is 24.2. The molecule has 1 N–H and O–H groups in total. The highest BCUT2D eigenvalue weighted by atomic mass is 16.5. The van der Waals surface area contributed by atoms with Gasteiger partial charge in [0.15, 0.2) is 0 Å². The molecule has 140 valence electrons. The van der Waals surface area contributed by atoms with Crippen LogP contribution in [0.3, 0.4) is 0 Å². The average molecular weight is 372 g/mol. The SMILES string of the molecule is Cc1cccc(C(=O)N/N=C/c2ccc(OC(=O)c3cccc(C)c3)cc2)c1. The Kier molecular flexibility index (Phi) is 5.97. The number of hydrogen-bond donors (Lipinski definition) is 1. The van der Waals surface area contributed by atoms with Crippen LogP contribution in [-0.2, 0) is 0 Å². The standard InChI is InChI=1S/C23H20N2O3/c1-16-5-3-7-19(13-16)22(26)25-24-15-18-9-11-21(12-10-18)28-23(27)20-8-4-6-17(2)14-20/h3-15H,1-2H3,(H,25,26)/b24-15+. The summed E-state index contributed by atoms with van der Waals surface area (Å²) in [5.74, 6) is -0.244. The van der Waals surface area contributed by atoms with Gasteiger partial charge in [-0.3, -0.25) is 4.79 Å². The maximum Gasteiger partial charge on any atom is 0.343 e. The normalized spacial score (nSPS) is 10.6. The largest absolute Gasteiger partial charge is 0.423 e. The third-order valence-corrected chi connectivity index (χ3v) is 4.00. The third kappa shape index (κ3) is 5.14. The molecule has 0 heterocycles. The topological polar surface area (TPSA) is 67.8 Å². The van der Waals surface area contributed by atoms with Crippen molar-refractivity contribution in [3.63, 3.8) is 0 Å². The Labute approximate surface area is 163 Å². The van der Waals surface area contributed by atoms with Gasteiger partial charge in [-0.05, 0) is 67.9 Å². The fraction of sp³-hybridized carbons (Fsp3) is 0.0870. The first-order chi connectivity index (χ1) is 13.5. The minimum absolute atomic E-state index is 0.274. The summed E-state index contributed by atoms with van der Waals surface area (Å²) in [5.41, 5.74) is 6.31. The molecule has 3 rings (SSSR count). The number of nitrogens with one attached hydrogen (secondary N) is 1. The van der Waals surface area contributed by atoms with E-state index < -0.39 is 5.97 Å². The van der Waals surface area contributed by atoms with Gasteiger partial charge in [0.25, 0.3) is 5.91 Å². The van der Waals surface area contributed by atoms with E-state index in [-0.39, 0.29) is 5.91 Å². The number of amides is 1. The number of hydrogen-bond acceptors (Lipinski definition) is 4. The summed E-state index contributed by atoms with van der Waals surface area (Å²) in [6.45, 7) is 3.84.